The van der Waals surface area contributed by atoms with E-state index in [0.717, 1.165) is 93.3 Å². The van der Waals surface area contributed by atoms with E-state index in [0.29, 0.717) is 25.3 Å². The summed E-state index contributed by atoms with van der Waals surface area (Å²) < 4.78 is 11.7. The van der Waals surface area contributed by atoms with Crippen LogP contribution in [-0.2, 0) is 22.7 Å². The molecule has 17 nitrogen and oxygen atoms in total. The van der Waals surface area contributed by atoms with E-state index in [1.54, 1.807) is 40.8 Å². The average molecular weight is 1040 g/mol. The third-order valence-corrected chi connectivity index (χ3v) is 11.6. The highest BCUT2D eigenvalue weighted by molar-refractivity contribution is 9.10. The predicted molar refractivity (Wildman–Crippen MR) is 266 cm³/mol. The molecule has 3 saturated heterocycles. The zero-order valence-corrected chi connectivity index (χ0v) is 41.7. The van der Waals surface area contributed by atoms with Crippen LogP contribution in [0.4, 0.5) is 21.0 Å². The number of carbonyl (C=O) groups excluding carboxylic acids is 2. The van der Waals surface area contributed by atoms with E-state index in [1.165, 1.54) is 18.5 Å². The van der Waals surface area contributed by atoms with Crippen LogP contribution in [0.2, 0.25) is 0 Å². The quantitative estimate of drug-likeness (QED) is 0.140. The van der Waals surface area contributed by atoms with Gasteiger partial charge in [-0.1, -0.05) is 60.7 Å². The number of nitrogens with zero attached hydrogens (tertiary/aromatic N) is 10. The summed E-state index contributed by atoms with van der Waals surface area (Å²) in [6, 6.07) is 26.5. The first-order valence-electron chi connectivity index (χ1n) is 22.0. The Morgan fingerprint density at radius 2 is 1.05 bits per heavy atom. The molecule has 2 amide bonds. The molecular formula is C47H66Br2N12O5. The maximum atomic E-state index is 12.2. The van der Waals surface area contributed by atoms with Crippen LogP contribution in [0.3, 0.4) is 0 Å². The fourth-order valence-corrected chi connectivity index (χ4v) is 7.50. The number of carbonyl (C=O) groups is 2. The van der Waals surface area contributed by atoms with Crippen molar-refractivity contribution in [3.63, 3.8) is 0 Å². The molecule has 5 aromatic rings. The van der Waals surface area contributed by atoms with Crippen molar-refractivity contribution in [1.29, 1.82) is 0 Å². The van der Waals surface area contributed by atoms with Crippen molar-refractivity contribution in [1.82, 2.24) is 51.0 Å². The second kappa shape index (κ2) is 32.4. The Balaban J connectivity index is 0.000000244. The summed E-state index contributed by atoms with van der Waals surface area (Å²) in [7, 11) is 6.68. The van der Waals surface area contributed by atoms with Crippen molar-refractivity contribution in [2.75, 3.05) is 77.3 Å². The molecule has 3 fully saturated rings. The number of benzene rings is 2. The van der Waals surface area contributed by atoms with Gasteiger partial charge in [-0.15, -0.1) is 17.0 Å². The van der Waals surface area contributed by atoms with Crippen LogP contribution in [0.15, 0.2) is 121 Å². The first kappa shape index (κ1) is 55.0. The fourth-order valence-electron chi connectivity index (χ4n) is 7.29. The minimum absolute atomic E-state index is 0. The molecule has 0 bridgehead atoms. The van der Waals surface area contributed by atoms with Crippen LogP contribution >= 0.6 is 32.9 Å². The van der Waals surface area contributed by atoms with E-state index in [9.17, 15) is 9.59 Å². The lowest BCUT2D eigenvalue weighted by molar-refractivity contribution is 0.0847. The van der Waals surface area contributed by atoms with Gasteiger partial charge in [-0.25, -0.2) is 9.59 Å². The van der Waals surface area contributed by atoms with Crippen molar-refractivity contribution in [3.8, 4) is 0 Å². The van der Waals surface area contributed by atoms with Crippen molar-refractivity contribution in [2.24, 2.45) is 0 Å². The lowest BCUT2D eigenvalue weighted by Gasteiger charge is -2.37. The molecule has 0 atom stereocenters. The van der Waals surface area contributed by atoms with Gasteiger partial charge >= 0.3 is 12.2 Å². The second-order valence-corrected chi connectivity index (χ2v) is 16.2. The molecule has 0 unspecified atom stereocenters. The third kappa shape index (κ3) is 20.0. The highest BCUT2D eigenvalue weighted by Crippen LogP contribution is 2.22. The maximum Gasteiger partial charge on any atom is 0.410 e. The summed E-state index contributed by atoms with van der Waals surface area (Å²) in [5.74, 6) is 0. The van der Waals surface area contributed by atoms with E-state index in [1.807, 2.05) is 106 Å². The lowest BCUT2D eigenvalue weighted by Crippen LogP contribution is -2.45. The van der Waals surface area contributed by atoms with Gasteiger partial charge in [0.25, 0.3) is 0 Å². The SMILES string of the molecule is Br.Brc1ccnnc1.CN(C(=O)OCc1ccccc1)C1CCN(c2ccnnc2)CC1.CN(C(=O)OCc1ccccc1)C1CCNCC1.CNC1CCN(c2ccnnc2)CC1.CO. The number of aromatic nitrogens is 6. The summed E-state index contributed by atoms with van der Waals surface area (Å²) in [6.45, 7) is 6.61. The van der Waals surface area contributed by atoms with E-state index in [4.69, 9.17) is 14.6 Å². The Kier molecular flexibility index (Phi) is 27.0. The first-order valence-corrected chi connectivity index (χ1v) is 22.7. The minimum atomic E-state index is -0.261. The van der Waals surface area contributed by atoms with Crippen molar-refractivity contribution < 1.29 is 24.2 Å². The number of amides is 2. The number of hydrogen-bond acceptors (Lipinski definition) is 15. The number of rotatable bonds is 9. The Bertz CT molecular complexity index is 1990. The summed E-state index contributed by atoms with van der Waals surface area (Å²) in [6.07, 6.45) is 16.1. The summed E-state index contributed by atoms with van der Waals surface area (Å²) in [5.41, 5.74) is 4.29. The number of piperidine rings is 3. The summed E-state index contributed by atoms with van der Waals surface area (Å²) >= 11 is 3.21. The molecule has 8 rings (SSSR count). The van der Waals surface area contributed by atoms with Gasteiger partial charge in [0.1, 0.15) is 13.2 Å². The van der Waals surface area contributed by atoms with Gasteiger partial charge in [-0.05, 0) is 104 Å². The zero-order valence-electron chi connectivity index (χ0n) is 38.4. The number of ether oxygens (including phenoxy) is 2. The van der Waals surface area contributed by atoms with E-state index < -0.39 is 0 Å². The van der Waals surface area contributed by atoms with Gasteiger partial charge in [0.2, 0.25) is 0 Å². The molecule has 19 heteroatoms. The maximum absolute atomic E-state index is 12.2. The number of hydrogen-bond donors (Lipinski definition) is 3. The van der Waals surface area contributed by atoms with Gasteiger partial charge in [0, 0.05) is 70.0 Å². The van der Waals surface area contributed by atoms with Gasteiger partial charge in [0.05, 0.1) is 48.6 Å². The van der Waals surface area contributed by atoms with E-state index >= 15 is 0 Å². The largest absolute Gasteiger partial charge is 0.445 e. The summed E-state index contributed by atoms with van der Waals surface area (Å²) in [5, 5.41) is 36.2. The molecular weight excluding hydrogens is 972 g/mol. The van der Waals surface area contributed by atoms with Crippen LogP contribution in [0.5, 0.6) is 0 Å². The molecule has 3 aliphatic heterocycles. The Labute approximate surface area is 408 Å². The van der Waals surface area contributed by atoms with Gasteiger partial charge < -0.3 is 44.8 Å². The second-order valence-electron chi connectivity index (χ2n) is 15.3. The topological polar surface area (TPSA) is 187 Å². The highest BCUT2D eigenvalue weighted by Gasteiger charge is 2.27. The monoisotopic (exact) mass is 1040 g/mol. The first-order chi connectivity index (χ1) is 31.8. The standard InChI is InChI=1S/C18H22N4O2.C14H20N2O2.C10H16N4.C4H3BrN2.CH4O.BrH/c1-21(18(23)24-14-15-5-3-2-4-6-15)16-8-11-22(12-9-16)17-7-10-19-20-13-17;1-16(13-7-9-15-10-8-13)14(17)18-11-12-5-3-2-4-6-12;1-11-9-3-6-14(7-4-9)10-2-5-12-13-8-10;5-4-1-2-6-7-3-4;1-2;/h2-7,10,13,16H,8-9,11-12,14H2,1H3;2-6,13,15H,7-11H2,1H3;2,5,8-9,11H,3-4,6-7H2,1H3;1-3H;2H,1H3;1H. The normalized spacial score (nSPS) is 14.9. The Morgan fingerprint density at radius 3 is 1.41 bits per heavy atom. The van der Waals surface area contributed by atoms with Crippen LogP contribution in [0.1, 0.15) is 49.7 Å². The molecule has 0 spiro atoms. The molecule has 0 saturated carbocycles. The molecule has 3 aliphatic rings. The van der Waals surface area contributed by atoms with Crippen LogP contribution in [0, 0.1) is 0 Å². The smallest absolute Gasteiger partial charge is 0.410 e. The molecule has 2 aromatic carbocycles. The molecule has 6 heterocycles. The van der Waals surface area contributed by atoms with Crippen LogP contribution in [0.25, 0.3) is 0 Å². The van der Waals surface area contributed by atoms with Crippen molar-refractivity contribution in [3.05, 3.63) is 132 Å². The number of aliphatic hydroxyl groups excluding tert-OH is 1. The molecule has 358 valence electrons. The van der Waals surface area contributed by atoms with Gasteiger partial charge in [0.15, 0.2) is 0 Å². The highest BCUT2D eigenvalue weighted by atomic mass is 79.9. The predicted octanol–water partition coefficient (Wildman–Crippen LogP) is 6.81. The van der Waals surface area contributed by atoms with Crippen LogP contribution in [-0.4, -0.2) is 143 Å². The third-order valence-electron chi connectivity index (χ3n) is 11.2. The number of halogens is 2. The number of aliphatic hydroxyl groups is 1. The Hall–Kier alpha value is -5.34. The number of nitrogens with one attached hydrogen (secondary N) is 2. The number of anilines is 2. The minimum Gasteiger partial charge on any atom is -0.445 e. The van der Waals surface area contributed by atoms with E-state index in [-0.39, 0.29) is 35.2 Å². The van der Waals surface area contributed by atoms with Gasteiger partial charge in [-0.2, -0.15) is 30.6 Å². The summed E-state index contributed by atoms with van der Waals surface area (Å²) in [4.78, 5) is 32.2. The van der Waals surface area contributed by atoms with Crippen molar-refractivity contribution in [2.45, 2.75) is 69.9 Å². The zero-order chi connectivity index (χ0) is 46.5. The molecule has 3 N–H and O–H groups in total. The Morgan fingerprint density at radius 1 is 0.636 bits per heavy atom. The lowest BCUT2D eigenvalue weighted by atomic mass is 10.0. The fraction of sp³-hybridized carbons (Fsp3) is 0.447. The molecule has 0 aliphatic carbocycles. The van der Waals surface area contributed by atoms with Crippen molar-refractivity contribution >= 4 is 56.5 Å². The molecule has 66 heavy (non-hydrogen) atoms. The average Bonchev–Trinajstić information content (AvgIpc) is 3.39. The molecule has 3 aromatic heterocycles. The van der Waals surface area contributed by atoms with Gasteiger partial charge in [-0.3, -0.25) is 0 Å². The molecule has 0 radical (unpaired) electrons. The van der Waals surface area contributed by atoms with Crippen LogP contribution < -0.4 is 20.4 Å². The van der Waals surface area contributed by atoms with E-state index in [2.05, 4.69) is 67.0 Å².